The molecule has 2 aromatic carbocycles. The molecule has 0 atom stereocenters. The molecule has 3 rings (SSSR count). The summed E-state index contributed by atoms with van der Waals surface area (Å²) in [5, 5.41) is 1.25. The van der Waals surface area contributed by atoms with Gasteiger partial charge in [0.15, 0.2) is 11.5 Å². The molecule has 0 amide bonds. The Hall–Kier alpha value is -2.95. The molecule has 0 aliphatic rings. The Bertz CT molecular complexity index is 951. The van der Waals surface area contributed by atoms with E-state index in [1.165, 1.54) is 27.6 Å². The van der Waals surface area contributed by atoms with E-state index in [4.69, 9.17) is 9.47 Å². The number of carbonyl (C=O) groups is 1. The van der Waals surface area contributed by atoms with Gasteiger partial charge in [0.05, 0.1) is 14.2 Å². The summed E-state index contributed by atoms with van der Waals surface area (Å²) in [6, 6.07) is 10.5. The second-order valence-electron chi connectivity index (χ2n) is 7.58. The third kappa shape index (κ3) is 5.06. The van der Waals surface area contributed by atoms with Gasteiger partial charge in [-0.05, 0) is 81.1 Å². The fourth-order valence-corrected chi connectivity index (χ4v) is 2.88. The summed E-state index contributed by atoms with van der Waals surface area (Å²) in [6.07, 6.45) is 2.04. The van der Waals surface area contributed by atoms with Crippen LogP contribution in [0.2, 0.25) is 0 Å². The second-order valence-corrected chi connectivity index (χ2v) is 7.58. The predicted molar refractivity (Wildman–Crippen MR) is 113 cm³/mol. The van der Waals surface area contributed by atoms with E-state index < -0.39 is 0 Å². The van der Waals surface area contributed by atoms with Crippen LogP contribution < -0.4 is 9.47 Å². The fourth-order valence-electron chi connectivity index (χ4n) is 2.88. The molecule has 0 spiro atoms. The Balaban J connectivity index is 0.000000345. The summed E-state index contributed by atoms with van der Waals surface area (Å²) in [5.41, 5.74) is 5.69. The van der Waals surface area contributed by atoms with Crippen molar-refractivity contribution < 1.29 is 19.0 Å². The number of hydrogen-bond acceptors (Lipinski definition) is 4. The number of benzene rings is 2. The molecule has 0 saturated carbocycles. The summed E-state index contributed by atoms with van der Waals surface area (Å²) in [6.45, 7) is 10.2. The largest absolute Gasteiger partial charge is 0.493 e. The summed E-state index contributed by atoms with van der Waals surface area (Å²) in [7, 11) is 3.31. The average molecular weight is 383 g/mol. The SMILES string of the molecule is CC(C)(C)OC=O.COc1ccc(-c2cc3c(C)c[nH]c3cc2C)cc1OC. The van der Waals surface area contributed by atoms with Crippen molar-refractivity contribution in [1.82, 2.24) is 4.98 Å². The highest BCUT2D eigenvalue weighted by Gasteiger charge is 2.10. The van der Waals surface area contributed by atoms with Crippen LogP contribution in [0.3, 0.4) is 0 Å². The van der Waals surface area contributed by atoms with E-state index in [0.717, 1.165) is 17.1 Å². The maximum absolute atomic E-state index is 9.60. The minimum absolute atomic E-state index is 0.318. The minimum atomic E-state index is -0.318. The first-order valence-corrected chi connectivity index (χ1v) is 9.12. The zero-order chi connectivity index (χ0) is 20.9. The second kappa shape index (κ2) is 8.83. The van der Waals surface area contributed by atoms with E-state index in [0.29, 0.717) is 6.47 Å². The minimum Gasteiger partial charge on any atom is -0.493 e. The van der Waals surface area contributed by atoms with Crippen molar-refractivity contribution in [2.24, 2.45) is 0 Å². The first-order chi connectivity index (χ1) is 13.2. The maximum atomic E-state index is 9.60. The molecule has 5 nitrogen and oxygen atoms in total. The molecular formula is C23H29NO4. The van der Waals surface area contributed by atoms with Gasteiger partial charge in [0.25, 0.3) is 6.47 Å². The predicted octanol–water partition coefficient (Wildman–Crippen LogP) is 5.43. The highest BCUT2D eigenvalue weighted by Crippen LogP contribution is 2.35. The molecule has 0 radical (unpaired) electrons. The van der Waals surface area contributed by atoms with Gasteiger partial charge in [0.1, 0.15) is 5.60 Å². The molecule has 1 heterocycles. The molecule has 0 aliphatic carbocycles. The number of aryl methyl sites for hydroxylation is 2. The molecule has 0 bridgehead atoms. The van der Waals surface area contributed by atoms with Crippen molar-refractivity contribution in [3.05, 3.63) is 47.7 Å². The van der Waals surface area contributed by atoms with Gasteiger partial charge in [-0.15, -0.1) is 0 Å². The molecule has 0 fully saturated rings. The number of methoxy groups -OCH3 is 2. The van der Waals surface area contributed by atoms with Gasteiger partial charge < -0.3 is 19.2 Å². The molecule has 0 unspecified atom stereocenters. The quantitative estimate of drug-likeness (QED) is 0.611. The average Bonchev–Trinajstić information content (AvgIpc) is 3.00. The molecule has 0 aliphatic heterocycles. The number of nitrogens with one attached hydrogen (secondary N) is 1. The zero-order valence-electron chi connectivity index (χ0n) is 17.7. The summed E-state index contributed by atoms with van der Waals surface area (Å²) in [4.78, 5) is 12.9. The molecule has 3 aromatic rings. The van der Waals surface area contributed by atoms with Crippen LogP contribution >= 0.6 is 0 Å². The lowest BCUT2D eigenvalue weighted by Gasteiger charge is -2.14. The summed E-state index contributed by atoms with van der Waals surface area (Å²) < 4.78 is 15.3. The van der Waals surface area contributed by atoms with E-state index in [9.17, 15) is 4.79 Å². The third-order valence-corrected chi connectivity index (χ3v) is 4.33. The number of carbonyl (C=O) groups excluding carboxylic acids is 1. The van der Waals surface area contributed by atoms with Crippen LogP contribution in [0.25, 0.3) is 22.0 Å². The van der Waals surface area contributed by atoms with E-state index in [1.54, 1.807) is 14.2 Å². The third-order valence-electron chi connectivity index (χ3n) is 4.33. The zero-order valence-corrected chi connectivity index (χ0v) is 17.7. The fraction of sp³-hybridized carbons (Fsp3) is 0.348. The number of ether oxygens (including phenoxy) is 3. The van der Waals surface area contributed by atoms with Crippen LogP contribution in [-0.2, 0) is 9.53 Å². The van der Waals surface area contributed by atoms with Crippen LogP contribution in [0, 0.1) is 13.8 Å². The van der Waals surface area contributed by atoms with Crippen molar-refractivity contribution in [3.8, 4) is 22.6 Å². The van der Waals surface area contributed by atoms with Crippen LogP contribution in [0.1, 0.15) is 31.9 Å². The van der Waals surface area contributed by atoms with Gasteiger partial charge in [-0.3, -0.25) is 4.79 Å². The van der Waals surface area contributed by atoms with Crippen molar-refractivity contribution in [1.29, 1.82) is 0 Å². The Labute approximate surface area is 166 Å². The lowest BCUT2D eigenvalue weighted by Crippen LogP contribution is -2.17. The van der Waals surface area contributed by atoms with E-state index >= 15 is 0 Å². The number of fused-ring (bicyclic) bond motifs is 1. The molecule has 1 N–H and O–H groups in total. The molecule has 1 aromatic heterocycles. The van der Waals surface area contributed by atoms with Gasteiger partial charge in [0.2, 0.25) is 0 Å². The molecule has 5 heteroatoms. The van der Waals surface area contributed by atoms with Gasteiger partial charge in [-0.1, -0.05) is 6.07 Å². The van der Waals surface area contributed by atoms with Crippen LogP contribution in [-0.4, -0.2) is 31.3 Å². The summed E-state index contributed by atoms with van der Waals surface area (Å²) >= 11 is 0. The lowest BCUT2D eigenvalue weighted by atomic mass is 9.97. The number of rotatable bonds is 4. The van der Waals surface area contributed by atoms with Crippen LogP contribution in [0.4, 0.5) is 0 Å². The smallest absolute Gasteiger partial charge is 0.293 e. The lowest BCUT2D eigenvalue weighted by molar-refractivity contribution is -0.138. The van der Waals surface area contributed by atoms with E-state index in [2.05, 4.69) is 41.8 Å². The Morgan fingerprint density at radius 1 is 0.929 bits per heavy atom. The summed E-state index contributed by atoms with van der Waals surface area (Å²) in [5.74, 6) is 1.50. The van der Waals surface area contributed by atoms with Crippen molar-refractivity contribution in [3.63, 3.8) is 0 Å². The number of aromatic amines is 1. The Morgan fingerprint density at radius 2 is 1.61 bits per heavy atom. The van der Waals surface area contributed by atoms with Crippen LogP contribution in [0.5, 0.6) is 11.5 Å². The Morgan fingerprint density at radius 3 is 2.14 bits per heavy atom. The first kappa shape index (κ1) is 21.4. The van der Waals surface area contributed by atoms with E-state index in [-0.39, 0.29) is 5.60 Å². The monoisotopic (exact) mass is 383 g/mol. The Kier molecular flexibility index (Phi) is 6.73. The van der Waals surface area contributed by atoms with Crippen molar-refractivity contribution in [2.45, 2.75) is 40.2 Å². The van der Waals surface area contributed by atoms with Gasteiger partial charge in [-0.2, -0.15) is 0 Å². The first-order valence-electron chi connectivity index (χ1n) is 9.12. The van der Waals surface area contributed by atoms with Gasteiger partial charge >= 0.3 is 0 Å². The molecule has 28 heavy (non-hydrogen) atoms. The highest BCUT2D eigenvalue weighted by molar-refractivity contribution is 5.89. The van der Waals surface area contributed by atoms with Crippen LogP contribution in [0.15, 0.2) is 36.5 Å². The normalized spacial score (nSPS) is 10.8. The molecule has 0 saturated heterocycles. The number of aromatic nitrogens is 1. The standard InChI is InChI=1S/C18H19NO2.C5H10O2/c1-11-7-16-15(12(2)10-19-16)9-14(11)13-5-6-17(20-3)18(8-13)21-4;1-5(2,3)7-4-6/h5-10,19H,1-4H3;4H,1-3H3. The molecular weight excluding hydrogens is 354 g/mol. The molecule has 150 valence electrons. The van der Waals surface area contributed by atoms with Gasteiger partial charge in [0, 0.05) is 17.1 Å². The number of H-pyrrole nitrogens is 1. The highest BCUT2D eigenvalue weighted by atomic mass is 16.5. The topological polar surface area (TPSA) is 60.5 Å². The van der Waals surface area contributed by atoms with E-state index in [1.807, 2.05) is 39.1 Å². The number of hydrogen-bond donors (Lipinski definition) is 1. The van der Waals surface area contributed by atoms with Crippen molar-refractivity contribution >= 4 is 17.4 Å². The maximum Gasteiger partial charge on any atom is 0.293 e. The van der Waals surface area contributed by atoms with Crippen molar-refractivity contribution in [2.75, 3.05) is 14.2 Å². The van der Waals surface area contributed by atoms with Gasteiger partial charge in [-0.25, -0.2) is 0 Å².